The van der Waals surface area contributed by atoms with E-state index in [0.717, 1.165) is 32.5 Å². The molecule has 0 radical (unpaired) electrons. The van der Waals surface area contributed by atoms with Crippen LogP contribution >= 0.6 is 0 Å². The van der Waals surface area contributed by atoms with Gasteiger partial charge in [-0.25, -0.2) is 0 Å². The molecule has 0 aliphatic carbocycles. The van der Waals surface area contributed by atoms with E-state index >= 15 is 0 Å². The molecule has 2 N–H and O–H groups in total. The number of rotatable bonds is 5. The Hall–Kier alpha value is -0.160. The molecule has 1 unspecified atom stereocenters. The highest BCUT2D eigenvalue weighted by Crippen LogP contribution is 2.13. The highest BCUT2D eigenvalue weighted by Gasteiger charge is 2.20. The van der Waals surface area contributed by atoms with Crippen molar-refractivity contribution in [3.63, 3.8) is 0 Å². The number of ether oxygens (including phenoxy) is 1. The quantitative estimate of drug-likeness (QED) is 0.740. The molecular weight excluding hydrogens is 206 g/mol. The minimum Gasteiger partial charge on any atom is -0.394 e. The van der Waals surface area contributed by atoms with E-state index in [1.54, 1.807) is 0 Å². The van der Waals surface area contributed by atoms with Crippen LogP contribution < -0.4 is 0 Å². The highest BCUT2D eigenvalue weighted by atomic mass is 16.5. The van der Waals surface area contributed by atoms with Gasteiger partial charge in [-0.2, -0.15) is 0 Å². The zero-order valence-electron chi connectivity index (χ0n) is 10.9. The van der Waals surface area contributed by atoms with Crippen LogP contribution in [0.3, 0.4) is 0 Å². The van der Waals surface area contributed by atoms with Crippen LogP contribution in [-0.4, -0.2) is 60.2 Å². The summed E-state index contributed by atoms with van der Waals surface area (Å²) in [6, 6.07) is 0. The van der Waals surface area contributed by atoms with Gasteiger partial charge in [-0.15, -0.1) is 0 Å². The van der Waals surface area contributed by atoms with E-state index in [1.807, 2.05) is 20.8 Å². The Morgan fingerprint density at radius 2 is 1.88 bits per heavy atom. The molecule has 4 heteroatoms. The molecule has 0 aromatic heterocycles. The van der Waals surface area contributed by atoms with Gasteiger partial charge < -0.3 is 19.8 Å². The number of nitrogens with zero attached hydrogens (tertiary/aromatic N) is 1. The fourth-order valence-corrected chi connectivity index (χ4v) is 1.85. The molecule has 0 spiro atoms. The summed E-state index contributed by atoms with van der Waals surface area (Å²) in [5.74, 6) is 0. The van der Waals surface area contributed by atoms with E-state index in [4.69, 9.17) is 9.84 Å². The summed E-state index contributed by atoms with van der Waals surface area (Å²) in [5, 5.41) is 18.0. The number of aliphatic hydroxyl groups is 2. The summed E-state index contributed by atoms with van der Waals surface area (Å²) in [4.78, 5) is 2.18. The van der Waals surface area contributed by atoms with Gasteiger partial charge in [-0.3, -0.25) is 0 Å². The van der Waals surface area contributed by atoms with Crippen LogP contribution in [0.15, 0.2) is 0 Å². The van der Waals surface area contributed by atoms with Crippen LogP contribution in [0.4, 0.5) is 0 Å². The molecule has 16 heavy (non-hydrogen) atoms. The topological polar surface area (TPSA) is 52.9 Å². The Labute approximate surface area is 99.2 Å². The summed E-state index contributed by atoms with van der Waals surface area (Å²) < 4.78 is 5.52. The van der Waals surface area contributed by atoms with Gasteiger partial charge in [0.15, 0.2) is 0 Å². The first-order valence-corrected chi connectivity index (χ1v) is 6.39. The molecule has 1 fully saturated rings. The third-order valence-corrected chi connectivity index (χ3v) is 2.62. The third kappa shape index (κ3) is 6.43. The van der Waals surface area contributed by atoms with Crippen molar-refractivity contribution in [3.8, 4) is 0 Å². The molecule has 1 aliphatic rings. The SMILES string of the molecule is CC.CCOC1CCN(CC(O)CO)CC1. The van der Waals surface area contributed by atoms with Gasteiger partial charge in [-0.05, 0) is 19.8 Å². The Balaban J connectivity index is 0.00000106. The summed E-state index contributed by atoms with van der Waals surface area (Å²) in [6.45, 7) is 9.15. The van der Waals surface area contributed by atoms with Gasteiger partial charge in [0.1, 0.15) is 0 Å². The van der Waals surface area contributed by atoms with Gasteiger partial charge >= 0.3 is 0 Å². The molecule has 0 aromatic rings. The van der Waals surface area contributed by atoms with Crippen molar-refractivity contribution < 1.29 is 14.9 Å². The average Bonchev–Trinajstić information content (AvgIpc) is 2.34. The Morgan fingerprint density at radius 1 is 1.31 bits per heavy atom. The van der Waals surface area contributed by atoms with Gasteiger partial charge in [0.05, 0.1) is 18.8 Å². The van der Waals surface area contributed by atoms with Crippen molar-refractivity contribution in [1.29, 1.82) is 0 Å². The monoisotopic (exact) mass is 233 g/mol. The first-order chi connectivity index (χ1) is 7.76. The van der Waals surface area contributed by atoms with E-state index < -0.39 is 6.10 Å². The van der Waals surface area contributed by atoms with E-state index in [2.05, 4.69) is 4.90 Å². The molecule has 98 valence electrons. The Kier molecular flexibility index (Phi) is 9.92. The lowest BCUT2D eigenvalue weighted by atomic mass is 10.1. The van der Waals surface area contributed by atoms with Gasteiger partial charge in [0, 0.05) is 26.2 Å². The summed E-state index contributed by atoms with van der Waals surface area (Å²) in [7, 11) is 0. The second-order valence-electron chi connectivity index (χ2n) is 3.79. The standard InChI is InChI=1S/C10H21NO3.C2H6/c1-2-14-10-3-5-11(6-4-10)7-9(13)8-12;1-2/h9-10,12-13H,2-8H2,1H3;1-2H3. The maximum Gasteiger partial charge on any atom is 0.0897 e. The van der Waals surface area contributed by atoms with E-state index in [9.17, 15) is 5.11 Å². The Bertz CT molecular complexity index is 147. The summed E-state index contributed by atoms with van der Waals surface area (Å²) in [6.07, 6.45) is 1.86. The maximum atomic E-state index is 9.26. The predicted octanol–water partition coefficient (Wildman–Crippen LogP) is 0.867. The lowest BCUT2D eigenvalue weighted by Gasteiger charge is -2.32. The molecular formula is C12H27NO3. The van der Waals surface area contributed by atoms with Crippen molar-refractivity contribution >= 4 is 0 Å². The number of piperidine rings is 1. The van der Waals surface area contributed by atoms with Crippen molar-refractivity contribution in [2.24, 2.45) is 0 Å². The molecule has 0 saturated carbocycles. The van der Waals surface area contributed by atoms with Crippen LogP contribution in [0.2, 0.25) is 0 Å². The molecule has 0 bridgehead atoms. The second kappa shape index (κ2) is 10.0. The third-order valence-electron chi connectivity index (χ3n) is 2.62. The minimum atomic E-state index is -0.598. The van der Waals surface area contributed by atoms with Crippen molar-refractivity contribution in [1.82, 2.24) is 4.90 Å². The molecule has 1 rings (SSSR count). The molecule has 1 heterocycles. The lowest BCUT2D eigenvalue weighted by molar-refractivity contribution is -0.00357. The molecule has 1 atom stereocenters. The summed E-state index contributed by atoms with van der Waals surface area (Å²) >= 11 is 0. The van der Waals surface area contributed by atoms with E-state index in [0.29, 0.717) is 12.6 Å². The smallest absolute Gasteiger partial charge is 0.0897 e. The Morgan fingerprint density at radius 3 is 2.31 bits per heavy atom. The summed E-state index contributed by atoms with van der Waals surface area (Å²) in [5.41, 5.74) is 0. The zero-order valence-corrected chi connectivity index (χ0v) is 10.9. The van der Waals surface area contributed by atoms with Crippen LogP contribution in [0.5, 0.6) is 0 Å². The molecule has 0 aromatic carbocycles. The molecule has 1 aliphatic heterocycles. The fourth-order valence-electron chi connectivity index (χ4n) is 1.85. The number of aliphatic hydroxyl groups excluding tert-OH is 2. The van der Waals surface area contributed by atoms with Gasteiger partial charge in [-0.1, -0.05) is 13.8 Å². The van der Waals surface area contributed by atoms with Crippen LogP contribution in [0, 0.1) is 0 Å². The molecule has 1 saturated heterocycles. The average molecular weight is 233 g/mol. The number of hydrogen-bond acceptors (Lipinski definition) is 4. The van der Waals surface area contributed by atoms with Gasteiger partial charge in [0.2, 0.25) is 0 Å². The second-order valence-corrected chi connectivity index (χ2v) is 3.79. The fraction of sp³-hybridized carbons (Fsp3) is 1.00. The number of likely N-dealkylation sites (tertiary alicyclic amines) is 1. The minimum absolute atomic E-state index is 0.147. The first kappa shape index (κ1) is 15.8. The van der Waals surface area contributed by atoms with Gasteiger partial charge in [0.25, 0.3) is 0 Å². The van der Waals surface area contributed by atoms with Crippen LogP contribution in [0.1, 0.15) is 33.6 Å². The van der Waals surface area contributed by atoms with Crippen molar-refractivity contribution in [3.05, 3.63) is 0 Å². The molecule has 0 amide bonds. The first-order valence-electron chi connectivity index (χ1n) is 6.39. The maximum absolute atomic E-state index is 9.26. The normalized spacial score (nSPS) is 20.1. The predicted molar refractivity (Wildman–Crippen MR) is 65.5 cm³/mol. The van der Waals surface area contributed by atoms with E-state index in [1.165, 1.54) is 0 Å². The largest absolute Gasteiger partial charge is 0.394 e. The highest BCUT2D eigenvalue weighted by molar-refractivity contribution is 4.74. The van der Waals surface area contributed by atoms with Crippen LogP contribution in [-0.2, 0) is 4.74 Å². The zero-order chi connectivity index (χ0) is 12.4. The number of β-amino-alcohol motifs (C(OH)–C–C–N with tert-alkyl or cyclic N) is 1. The van der Waals surface area contributed by atoms with E-state index in [-0.39, 0.29) is 6.61 Å². The van der Waals surface area contributed by atoms with Crippen molar-refractivity contribution in [2.45, 2.75) is 45.8 Å². The van der Waals surface area contributed by atoms with Crippen molar-refractivity contribution in [2.75, 3.05) is 32.8 Å². The number of hydrogen-bond donors (Lipinski definition) is 2. The van der Waals surface area contributed by atoms with Crippen LogP contribution in [0.25, 0.3) is 0 Å². The molecule has 4 nitrogen and oxygen atoms in total. The lowest BCUT2D eigenvalue weighted by Crippen LogP contribution is -2.41.